The summed E-state index contributed by atoms with van der Waals surface area (Å²) in [5, 5.41) is 3.25. The number of hydrogen-bond donors (Lipinski definition) is 1. The molecule has 1 aliphatic rings. The molecule has 0 unspecified atom stereocenters. The van der Waals surface area contributed by atoms with E-state index in [1.807, 2.05) is 0 Å². The van der Waals surface area contributed by atoms with Crippen LogP contribution in [0, 0.1) is 11.6 Å². The highest BCUT2D eigenvalue weighted by molar-refractivity contribution is 9.10. The second kappa shape index (κ2) is 7.29. The monoisotopic (exact) mass is 361 g/mol. The zero-order valence-corrected chi connectivity index (χ0v) is 13.4. The standard InChI is InChI=1S/C14H18BrF2N3O/c1-19(6-7-20-4-2-18-3-5-20)14(21)13-11(16)8-10(15)9-12(13)17/h8-9,18H,2-7H2,1H3. The molecule has 1 fully saturated rings. The Morgan fingerprint density at radius 1 is 1.33 bits per heavy atom. The topological polar surface area (TPSA) is 35.6 Å². The molecule has 0 aliphatic carbocycles. The third kappa shape index (κ3) is 4.21. The Bertz CT molecular complexity index is 498. The Labute approximate surface area is 131 Å². The zero-order valence-electron chi connectivity index (χ0n) is 11.8. The van der Waals surface area contributed by atoms with Crippen molar-refractivity contribution >= 4 is 21.8 Å². The van der Waals surface area contributed by atoms with Crippen molar-refractivity contribution in [3.05, 3.63) is 33.8 Å². The number of piperazine rings is 1. The van der Waals surface area contributed by atoms with E-state index in [-0.39, 0.29) is 4.47 Å². The summed E-state index contributed by atoms with van der Waals surface area (Å²) in [4.78, 5) is 15.7. The van der Waals surface area contributed by atoms with Crippen LogP contribution >= 0.6 is 15.9 Å². The second-order valence-corrected chi connectivity index (χ2v) is 5.98. The van der Waals surface area contributed by atoms with E-state index >= 15 is 0 Å². The van der Waals surface area contributed by atoms with Gasteiger partial charge in [-0.1, -0.05) is 15.9 Å². The van der Waals surface area contributed by atoms with Gasteiger partial charge in [0.05, 0.1) is 0 Å². The largest absolute Gasteiger partial charge is 0.340 e. The van der Waals surface area contributed by atoms with E-state index in [0.717, 1.165) is 38.3 Å². The van der Waals surface area contributed by atoms with Gasteiger partial charge in [-0.05, 0) is 12.1 Å². The summed E-state index contributed by atoms with van der Waals surface area (Å²) in [6.45, 7) is 4.82. The molecule has 1 aliphatic heterocycles. The van der Waals surface area contributed by atoms with Crippen molar-refractivity contribution in [2.45, 2.75) is 0 Å². The molecule has 1 aromatic carbocycles. The molecule has 0 aromatic heterocycles. The number of rotatable bonds is 4. The molecular formula is C14H18BrF2N3O. The van der Waals surface area contributed by atoms with Gasteiger partial charge in [0.15, 0.2) is 0 Å². The van der Waals surface area contributed by atoms with Crippen LogP contribution in [-0.2, 0) is 0 Å². The van der Waals surface area contributed by atoms with Gasteiger partial charge in [0, 0.05) is 50.8 Å². The SMILES string of the molecule is CN(CCN1CCNCC1)C(=O)c1c(F)cc(Br)cc1F. The first-order valence-electron chi connectivity index (χ1n) is 6.82. The lowest BCUT2D eigenvalue weighted by Gasteiger charge is -2.29. The van der Waals surface area contributed by atoms with Gasteiger partial charge in [0.1, 0.15) is 17.2 Å². The lowest BCUT2D eigenvalue weighted by atomic mass is 10.1. The van der Waals surface area contributed by atoms with Gasteiger partial charge >= 0.3 is 0 Å². The first kappa shape index (κ1) is 16.3. The highest BCUT2D eigenvalue weighted by Gasteiger charge is 2.22. The number of halogens is 3. The van der Waals surface area contributed by atoms with Crippen molar-refractivity contribution in [1.82, 2.24) is 15.1 Å². The highest BCUT2D eigenvalue weighted by Crippen LogP contribution is 2.20. The maximum absolute atomic E-state index is 13.8. The Balaban J connectivity index is 1.99. The van der Waals surface area contributed by atoms with E-state index in [2.05, 4.69) is 26.1 Å². The second-order valence-electron chi connectivity index (χ2n) is 5.06. The summed E-state index contributed by atoms with van der Waals surface area (Å²) >= 11 is 3.00. The van der Waals surface area contributed by atoms with Gasteiger partial charge in [-0.15, -0.1) is 0 Å². The summed E-state index contributed by atoms with van der Waals surface area (Å²) < 4.78 is 27.8. The number of amides is 1. The molecular weight excluding hydrogens is 344 g/mol. The van der Waals surface area contributed by atoms with Gasteiger partial charge in [0.2, 0.25) is 0 Å². The summed E-state index contributed by atoms with van der Waals surface area (Å²) in [5.41, 5.74) is -0.499. The molecule has 1 heterocycles. The Morgan fingerprint density at radius 2 is 1.90 bits per heavy atom. The number of nitrogens with zero attached hydrogens (tertiary/aromatic N) is 2. The maximum atomic E-state index is 13.8. The van der Waals surface area contributed by atoms with Crippen LogP contribution in [0.2, 0.25) is 0 Å². The van der Waals surface area contributed by atoms with E-state index in [0.29, 0.717) is 13.1 Å². The van der Waals surface area contributed by atoms with Crippen LogP contribution in [0.4, 0.5) is 8.78 Å². The predicted molar refractivity (Wildman–Crippen MR) is 80.3 cm³/mol. The summed E-state index contributed by atoms with van der Waals surface area (Å²) in [5.74, 6) is -2.32. The minimum absolute atomic E-state index is 0.275. The molecule has 21 heavy (non-hydrogen) atoms. The molecule has 0 saturated carbocycles. The molecule has 1 N–H and O–H groups in total. The van der Waals surface area contributed by atoms with E-state index in [4.69, 9.17) is 0 Å². The van der Waals surface area contributed by atoms with Gasteiger partial charge < -0.3 is 10.2 Å². The molecule has 4 nitrogen and oxygen atoms in total. The van der Waals surface area contributed by atoms with Crippen LogP contribution in [0.1, 0.15) is 10.4 Å². The first-order chi connectivity index (χ1) is 9.99. The van der Waals surface area contributed by atoms with E-state index in [1.165, 1.54) is 4.90 Å². The van der Waals surface area contributed by atoms with Crippen LogP contribution in [0.5, 0.6) is 0 Å². The molecule has 0 atom stereocenters. The predicted octanol–water partition coefficient (Wildman–Crippen LogP) is 1.70. The van der Waals surface area contributed by atoms with Crippen molar-refractivity contribution in [1.29, 1.82) is 0 Å². The maximum Gasteiger partial charge on any atom is 0.259 e. The normalized spacial score (nSPS) is 16.0. The van der Waals surface area contributed by atoms with Gasteiger partial charge in [-0.2, -0.15) is 0 Å². The average Bonchev–Trinajstić information content (AvgIpc) is 2.44. The number of nitrogens with one attached hydrogen (secondary N) is 1. The smallest absolute Gasteiger partial charge is 0.259 e. The fraction of sp³-hybridized carbons (Fsp3) is 0.500. The van der Waals surface area contributed by atoms with Gasteiger partial charge in [-0.25, -0.2) is 8.78 Å². The van der Waals surface area contributed by atoms with Crippen molar-refractivity contribution in [2.24, 2.45) is 0 Å². The van der Waals surface area contributed by atoms with Gasteiger partial charge in [-0.3, -0.25) is 9.69 Å². The zero-order chi connectivity index (χ0) is 15.4. The molecule has 1 saturated heterocycles. The molecule has 0 radical (unpaired) electrons. The van der Waals surface area contributed by atoms with E-state index in [9.17, 15) is 13.6 Å². The van der Waals surface area contributed by atoms with E-state index < -0.39 is 23.1 Å². The Hall–Kier alpha value is -1.05. The minimum Gasteiger partial charge on any atom is -0.340 e. The Kier molecular flexibility index (Phi) is 5.66. The van der Waals surface area contributed by atoms with Gasteiger partial charge in [0.25, 0.3) is 5.91 Å². The van der Waals surface area contributed by atoms with Crippen LogP contribution in [-0.4, -0.2) is 62.0 Å². The molecule has 1 amide bonds. The molecule has 0 spiro atoms. The van der Waals surface area contributed by atoms with Crippen molar-refractivity contribution in [3.63, 3.8) is 0 Å². The summed E-state index contributed by atoms with van der Waals surface area (Å²) in [6.07, 6.45) is 0. The Morgan fingerprint density at radius 3 is 2.48 bits per heavy atom. The fourth-order valence-electron chi connectivity index (χ4n) is 2.27. The lowest BCUT2D eigenvalue weighted by Crippen LogP contribution is -2.46. The van der Waals surface area contributed by atoms with E-state index in [1.54, 1.807) is 7.05 Å². The third-order valence-corrected chi connectivity index (χ3v) is 3.99. The van der Waals surface area contributed by atoms with Crippen molar-refractivity contribution in [3.8, 4) is 0 Å². The summed E-state index contributed by atoms with van der Waals surface area (Å²) in [7, 11) is 1.56. The third-order valence-electron chi connectivity index (χ3n) is 3.53. The fourth-order valence-corrected chi connectivity index (χ4v) is 2.67. The number of hydrogen-bond acceptors (Lipinski definition) is 3. The molecule has 1 aromatic rings. The molecule has 0 bridgehead atoms. The van der Waals surface area contributed by atoms with Crippen molar-refractivity contribution < 1.29 is 13.6 Å². The number of likely N-dealkylation sites (N-methyl/N-ethyl adjacent to an activating group) is 1. The van der Waals surface area contributed by atoms with Crippen LogP contribution in [0.3, 0.4) is 0 Å². The molecule has 7 heteroatoms. The van der Waals surface area contributed by atoms with Crippen LogP contribution < -0.4 is 5.32 Å². The van der Waals surface area contributed by atoms with Crippen molar-refractivity contribution in [2.75, 3.05) is 46.3 Å². The number of carbonyl (C=O) groups is 1. The quantitative estimate of drug-likeness (QED) is 0.886. The number of carbonyl (C=O) groups excluding carboxylic acids is 1. The summed E-state index contributed by atoms with van der Waals surface area (Å²) in [6, 6.07) is 2.20. The van der Waals surface area contributed by atoms with Crippen LogP contribution in [0.25, 0.3) is 0 Å². The average molecular weight is 362 g/mol. The highest BCUT2D eigenvalue weighted by atomic mass is 79.9. The minimum atomic E-state index is -0.846. The first-order valence-corrected chi connectivity index (χ1v) is 7.61. The number of benzene rings is 1. The van der Waals surface area contributed by atoms with Crippen LogP contribution in [0.15, 0.2) is 16.6 Å². The molecule has 116 valence electrons. The lowest BCUT2D eigenvalue weighted by molar-refractivity contribution is 0.0765. The molecule has 2 rings (SSSR count).